The molecular formula is C15H18N2O2. The van der Waals surface area contributed by atoms with E-state index in [-0.39, 0.29) is 12.0 Å². The summed E-state index contributed by atoms with van der Waals surface area (Å²) in [7, 11) is 1.41. The fourth-order valence-corrected chi connectivity index (χ4v) is 2.12. The SMILES string of the molecule is CCNC(CC(=O)OC)c1ccc2ncccc2c1. The van der Waals surface area contributed by atoms with Crippen LogP contribution in [0.5, 0.6) is 0 Å². The van der Waals surface area contributed by atoms with Crippen molar-refractivity contribution in [3.63, 3.8) is 0 Å². The van der Waals surface area contributed by atoms with Crippen molar-refractivity contribution in [3.8, 4) is 0 Å². The second-order valence-electron chi connectivity index (χ2n) is 4.35. The number of rotatable bonds is 5. The van der Waals surface area contributed by atoms with Crippen LogP contribution in [-0.2, 0) is 9.53 Å². The first-order valence-corrected chi connectivity index (χ1v) is 6.39. The molecule has 100 valence electrons. The van der Waals surface area contributed by atoms with Crippen LogP contribution < -0.4 is 5.32 Å². The van der Waals surface area contributed by atoms with Gasteiger partial charge in [0.25, 0.3) is 0 Å². The molecule has 0 amide bonds. The summed E-state index contributed by atoms with van der Waals surface area (Å²) in [5.74, 6) is -0.211. The normalized spacial score (nSPS) is 12.3. The third kappa shape index (κ3) is 3.29. The van der Waals surface area contributed by atoms with Gasteiger partial charge in [-0.2, -0.15) is 0 Å². The molecule has 4 heteroatoms. The molecule has 0 radical (unpaired) electrons. The lowest BCUT2D eigenvalue weighted by molar-refractivity contribution is -0.141. The molecule has 0 saturated heterocycles. The minimum atomic E-state index is -0.211. The Labute approximate surface area is 112 Å². The van der Waals surface area contributed by atoms with Crippen molar-refractivity contribution in [1.82, 2.24) is 10.3 Å². The maximum absolute atomic E-state index is 11.5. The van der Waals surface area contributed by atoms with Gasteiger partial charge in [-0.05, 0) is 30.3 Å². The highest BCUT2D eigenvalue weighted by molar-refractivity contribution is 5.79. The third-order valence-corrected chi connectivity index (χ3v) is 3.08. The number of fused-ring (bicyclic) bond motifs is 1. The van der Waals surface area contributed by atoms with Gasteiger partial charge >= 0.3 is 5.97 Å². The summed E-state index contributed by atoms with van der Waals surface area (Å²) in [6.45, 7) is 2.82. The lowest BCUT2D eigenvalue weighted by Gasteiger charge is -2.17. The third-order valence-electron chi connectivity index (χ3n) is 3.08. The highest BCUT2D eigenvalue weighted by Gasteiger charge is 2.15. The average molecular weight is 258 g/mol. The Kier molecular flexibility index (Phi) is 4.47. The molecule has 1 unspecified atom stereocenters. The molecule has 2 aromatic rings. The lowest BCUT2D eigenvalue weighted by atomic mass is 10.0. The van der Waals surface area contributed by atoms with Crippen LogP contribution in [0.25, 0.3) is 10.9 Å². The van der Waals surface area contributed by atoms with Crippen LogP contribution in [0.1, 0.15) is 24.9 Å². The summed E-state index contributed by atoms with van der Waals surface area (Å²) in [6.07, 6.45) is 2.11. The standard InChI is InChI=1S/C15H18N2O2/c1-3-16-14(10-15(18)19-2)12-6-7-13-11(9-12)5-4-8-17-13/h4-9,14,16H,3,10H2,1-2H3. The van der Waals surface area contributed by atoms with E-state index in [1.54, 1.807) is 6.20 Å². The topological polar surface area (TPSA) is 51.2 Å². The summed E-state index contributed by atoms with van der Waals surface area (Å²) in [4.78, 5) is 15.8. The molecule has 1 aromatic carbocycles. The number of esters is 1. The number of pyridine rings is 1. The number of benzene rings is 1. The molecule has 1 atom stereocenters. The van der Waals surface area contributed by atoms with Gasteiger partial charge in [-0.3, -0.25) is 9.78 Å². The zero-order valence-corrected chi connectivity index (χ0v) is 11.2. The number of hydrogen-bond donors (Lipinski definition) is 1. The molecule has 1 aromatic heterocycles. The highest BCUT2D eigenvalue weighted by atomic mass is 16.5. The minimum Gasteiger partial charge on any atom is -0.469 e. The van der Waals surface area contributed by atoms with Crippen molar-refractivity contribution in [2.75, 3.05) is 13.7 Å². The predicted molar refractivity (Wildman–Crippen MR) is 74.8 cm³/mol. The van der Waals surface area contributed by atoms with E-state index in [1.807, 2.05) is 31.2 Å². The number of methoxy groups -OCH3 is 1. The number of nitrogens with one attached hydrogen (secondary N) is 1. The van der Waals surface area contributed by atoms with Gasteiger partial charge in [0.15, 0.2) is 0 Å². The molecular weight excluding hydrogens is 240 g/mol. The Hall–Kier alpha value is -1.94. The van der Waals surface area contributed by atoms with E-state index in [0.717, 1.165) is 23.0 Å². The van der Waals surface area contributed by atoms with Crippen LogP contribution in [0.3, 0.4) is 0 Å². The summed E-state index contributed by atoms with van der Waals surface area (Å²) in [6, 6.07) is 9.96. The molecule has 4 nitrogen and oxygen atoms in total. The van der Waals surface area contributed by atoms with E-state index in [2.05, 4.69) is 16.4 Å². The van der Waals surface area contributed by atoms with Gasteiger partial charge in [-0.25, -0.2) is 0 Å². The van der Waals surface area contributed by atoms with Crippen molar-refractivity contribution in [1.29, 1.82) is 0 Å². The molecule has 0 aliphatic carbocycles. The van der Waals surface area contributed by atoms with Crippen molar-refractivity contribution < 1.29 is 9.53 Å². The zero-order chi connectivity index (χ0) is 13.7. The van der Waals surface area contributed by atoms with Crippen LogP contribution in [0.2, 0.25) is 0 Å². The van der Waals surface area contributed by atoms with E-state index in [4.69, 9.17) is 4.74 Å². The Morgan fingerprint density at radius 1 is 1.42 bits per heavy atom. The monoisotopic (exact) mass is 258 g/mol. The molecule has 19 heavy (non-hydrogen) atoms. The van der Waals surface area contributed by atoms with Crippen LogP contribution >= 0.6 is 0 Å². The van der Waals surface area contributed by atoms with Gasteiger partial charge < -0.3 is 10.1 Å². The lowest BCUT2D eigenvalue weighted by Crippen LogP contribution is -2.24. The van der Waals surface area contributed by atoms with Gasteiger partial charge in [0.2, 0.25) is 0 Å². The van der Waals surface area contributed by atoms with Crippen molar-refractivity contribution in [2.24, 2.45) is 0 Å². The fourth-order valence-electron chi connectivity index (χ4n) is 2.12. The maximum atomic E-state index is 11.5. The Morgan fingerprint density at radius 3 is 3.00 bits per heavy atom. The largest absolute Gasteiger partial charge is 0.469 e. The molecule has 0 aliphatic rings. The molecule has 0 saturated carbocycles. The average Bonchev–Trinajstić information content (AvgIpc) is 2.46. The highest BCUT2D eigenvalue weighted by Crippen LogP contribution is 2.21. The smallest absolute Gasteiger partial charge is 0.307 e. The van der Waals surface area contributed by atoms with Crippen molar-refractivity contribution >= 4 is 16.9 Å². The molecule has 0 spiro atoms. The molecule has 0 aliphatic heterocycles. The summed E-state index contributed by atoms with van der Waals surface area (Å²) >= 11 is 0. The second-order valence-corrected chi connectivity index (χ2v) is 4.35. The Morgan fingerprint density at radius 2 is 2.26 bits per heavy atom. The van der Waals surface area contributed by atoms with E-state index < -0.39 is 0 Å². The predicted octanol–water partition coefficient (Wildman–Crippen LogP) is 2.45. The zero-order valence-electron chi connectivity index (χ0n) is 11.2. The van der Waals surface area contributed by atoms with Crippen LogP contribution in [0.15, 0.2) is 36.5 Å². The minimum absolute atomic E-state index is 0.0259. The number of aromatic nitrogens is 1. The summed E-state index contributed by atoms with van der Waals surface area (Å²) in [5, 5.41) is 4.38. The molecule has 1 heterocycles. The number of carbonyl (C=O) groups excluding carboxylic acids is 1. The van der Waals surface area contributed by atoms with E-state index in [0.29, 0.717) is 6.42 Å². The van der Waals surface area contributed by atoms with Gasteiger partial charge in [0.1, 0.15) is 0 Å². The van der Waals surface area contributed by atoms with Gasteiger partial charge in [0, 0.05) is 17.6 Å². The fraction of sp³-hybridized carbons (Fsp3) is 0.333. The van der Waals surface area contributed by atoms with Crippen LogP contribution in [0.4, 0.5) is 0 Å². The Bertz CT molecular complexity index is 569. The molecule has 1 N–H and O–H groups in total. The van der Waals surface area contributed by atoms with Crippen molar-refractivity contribution in [2.45, 2.75) is 19.4 Å². The van der Waals surface area contributed by atoms with E-state index in [9.17, 15) is 4.79 Å². The molecule has 2 rings (SSSR count). The van der Waals surface area contributed by atoms with Crippen LogP contribution in [-0.4, -0.2) is 24.6 Å². The van der Waals surface area contributed by atoms with Crippen LogP contribution in [0, 0.1) is 0 Å². The van der Waals surface area contributed by atoms with Gasteiger partial charge in [-0.1, -0.05) is 19.1 Å². The van der Waals surface area contributed by atoms with Crippen molar-refractivity contribution in [3.05, 3.63) is 42.1 Å². The first-order valence-electron chi connectivity index (χ1n) is 6.39. The number of ether oxygens (including phenoxy) is 1. The first-order chi connectivity index (χ1) is 9.24. The summed E-state index contributed by atoms with van der Waals surface area (Å²) in [5.41, 5.74) is 2.03. The molecule has 0 bridgehead atoms. The number of nitrogens with zero attached hydrogens (tertiary/aromatic N) is 1. The van der Waals surface area contributed by atoms with Gasteiger partial charge in [-0.15, -0.1) is 0 Å². The number of hydrogen-bond acceptors (Lipinski definition) is 4. The Balaban J connectivity index is 2.30. The van der Waals surface area contributed by atoms with E-state index in [1.165, 1.54) is 7.11 Å². The maximum Gasteiger partial charge on any atom is 0.307 e. The summed E-state index contributed by atoms with van der Waals surface area (Å²) < 4.78 is 4.74. The number of carbonyl (C=O) groups is 1. The quantitative estimate of drug-likeness (QED) is 0.837. The van der Waals surface area contributed by atoms with E-state index >= 15 is 0 Å². The first kappa shape index (κ1) is 13.5. The second kappa shape index (κ2) is 6.29. The van der Waals surface area contributed by atoms with Gasteiger partial charge in [0.05, 0.1) is 19.0 Å². The molecule has 0 fully saturated rings.